The number of likely N-dealkylation sites (tertiary alicyclic amines) is 1. The van der Waals surface area contributed by atoms with Crippen molar-refractivity contribution in [3.8, 4) is 5.75 Å². The minimum absolute atomic E-state index is 0.0597. The van der Waals surface area contributed by atoms with Gasteiger partial charge in [-0.25, -0.2) is 9.18 Å². The molecule has 1 saturated heterocycles. The lowest BCUT2D eigenvalue weighted by molar-refractivity contribution is -0.139. The van der Waals surface area contributed by atoms with E-state index in [1.54, 1.807) is 43.4 Å². The maximum atomic E-state index is 13.2. The van der Waals surface area contributed by atoms with E-state index in [0.717, 1.165) is 0 Å². The van der Waals surface area contributed by atoms with Crippen LogP contribution in [-0.2, 0) is 14.4 Å². The maximum absolute atomic E-state index is 13.2. The Morgan fingerprint density at radius 2 is 1.82 bits per heavy atom. The first kappa shape index (κ1) is 19.3. The van der Waals surface area contributed by atoms with E-state index in [-0.39, 0.29) is 24.1 Å². The Balaban J connectivity index is 1.72. The molecular weight excluding hydrogens is 367 g/mol. The Kier molecular flexibility index (Phi) is 5.58. The van der Waals surface area contributed by atoms with Gasteiger partial charge in [-0.3, -0.25) is 9.59 Å². The lowest BCUT2D eigenvalue weighted by atomic mass is 9.93. The van der Waals surface area contributed by atoms with Crippen LogP contribution >= 0.6 is 0 Å². The Morgan fingerprint density at radius 1 is 1.18 bits per heavy atom. The van der Waals surface area contributed by atoms with Crippen molar-refractivity contribution in [2.24, 2.45) is 5.92 Å². The van der Waals surface area contributed by atoms with Gasteiger partial charge in [0.05, 0.1) is 12.0 Å². The first-order valence-corrected chi connectivity index (χ1v) is 8.62. The Morgan fingerprint density at radius 3 is 2.43 bits per heavy atom. The molecule has 2 N–H and O–H groups in total. The number of ether oxygens (including phenoxy) is 1. The number of amides is 2. The molecule has 2 aromatic rings. The number of aliphatic carboxylic acids is 1. The van der Waals surface area contributed by atoms with Gasteiger partial charge in [-0.1, -0.05) is 12.1 Å². The predicted octanol–water partition coefficient (Wildman–Crippen LogP) is 2.45. The van der Waals surface area contributed by atoms with Gasteiger partial charge in [0.15, 0.2) is 6.61 Å². The van der Waals surface area contributed by atoms with E-state index in [4.69, 9.17) is 9.84 Å². The SMILES string of the molecule is CN1C(=O)CC(C(=O)Nc2ccc(OCC(=O)O)cc2)C1c1ccc(F)cc1. The molecule has 146 valence electrons. The molecule has 0 saturated carbocycles. The number of hydrogen-bond acceptors (Lipinski definition) is 4. The van der Waals surface area contributed by atoms with Gasteiger partial charge in [0.2, 0.25) is 11.8 Å². The number of carbonyl (C=O) groups excluding carboxylic acids is 2. The predicted molar refractivity (Wildman–Crippen MR) is 98.2 cm³/mol. The molecule has 8 heteroatoms. The molecule has 1 aliphatic rings. The molecule has 28 heavy (non-hydrogen) atoms. The third-order valence-electron chi connectivity index (χ3n) is 4.62. The molecule has 2 amide bonds. The minimum Gasteiger partial charge on any atom is -0.482 e. The van der Waals surface area contributed by atoms with E-state index in [1.807, 2.05) is 0 Å². The van der Waals surface area contributed by atoms with Crippen LogP contribution in [-0.4, -0.2) is 41.4 Å². The zero-order valence-corrected chi connectivity index (χ0v) is 15.1. The fraction of sp³-hybridized carbons (Fsp3) is 0.250. The fourth-order valence-corrected chi connectivity index (χ4v) is 3.24. The summed E-state index contributed by atoms with van der Waals surface area (Å²) >= 11 is 0. The van der Waals surface area contributed by atoms with E-state index < -0.39 is 24.5 Å². The van der Waals surface area contributed by atoms with Crippen molar-refractivity contribution in [2.45, 2.75) is 12.5 Å². The summed E-state index contributed by atoms with van der Waals surface area (Å²) < 4.78 is 18.3. The number of hydrogen-bond donors (Lipinski definition) is 2. The van der Waals surface area contributed by atoms with Gasteiger partial charge in [-0.15, -0.1) is 0 Å². The summed E-state index contributed by atoms with van der Waals surface area (Å²) in [5.41, 5.74) is 1.18. The van der Waals surface area contributed by atoms with Crippen molar-refractivity contribution in [3.63, 3.8) is 0 Å². The third-order valence-corrected chi connectivity index (χ3v) is 4.62. The molecule has 1 fully saturated rings. The largest absolute Gasteiger partial charge is 0.482 e. The molecule has 1 heterocycles. The molecule has 2 atom stereocenters. The quantitative estimate of drug-likeness (QED) is 0.795. The fourth-order valence-electron chi connectivity index (χ4n) is 3.24. The van der Waals surface area contributed by atoms with Crippen LogP contribution < -0.4 is 10.1 Å². The van der Waals surface area contributed by atoms with Gasteiger partial charge in [0.25, 0.3) is 0 Å². The lowest BCUT2D eigenvalue weighted by Gasteiger charge is -2.25. The van der Waals surface area contributed by atoms with Crippen LogP contribution in [0.1, 0.15) is 18.0 Å². The zero-order chi connectivity index (χ0) is 20.3. The number of nitrogens with zero attached hydrogens (tertiary/aromatic N) is 1. The Bertz CT molecular complexity index is 882. The molecule has 0 aromatic heterocycles. The van der Waals surface area contributed by atoms with E-state index in [0.29, 0.717) is 17.0 Å². The number of anilines is 1. The monoisotopic (exact) mass is 386 g/mol. The zero-order valence-electron chi connectivity index (χ0n) is 15.1. The summed E-state index contributed by atoms with van der Waals surface area (Å²) in [4.78, 5) is 37.0. The van der Waals surface area contributed by atoms with E-state index in [2.05, 4.69) is 5.32 Å². The first-order chi connectivity index (χ1) is 13.3. The summed E-state index contributed by atoms with van der Waals surface area (Å²) in [6.45, 7) is -0.457. The van der Waals surface area contributed by atoms with E-state index in [1.165, 1.54) is 17.0 Å². The average Bonchev–Trinajstić information content (AvgIpc) is 2.97. The molecular formula is C20H19FN2O5. The van der Waals surface area contributed by atoms with E-state index >= 15 is 0 Å². The topological polar surface area (TPSA) is 95.9 Å². The van der Waals surface area contributed by atoms with Crippen LogP contribution in [0.3, 0.4) is 0 Å². The molecule has 3 rings (SSSR count). The standard InChI is InChI=1S/C20H19FN2O5/c1-23-17(24)10-16(19(23)12-2-4-13(21)5-3-12)20(27)22-14-6-8-15(9-7-14)28-11-18(25)26/h2-9,16,19H,10-11H2,1H3,(H,22,27)(H,25,26). The Labute approximate surface area is 160 Å². The highest BCUT2D eigenvalue weighted by molar-refractivity contribution is 5.98. The van der Waals surface area contributed by atoms with Crippen molar-refractivity contribution in [2.75, 3.05) is 19.0 Å². The first-order valence-electron chi connectivity index (χ1n) is 8.62. The smallest absolute Gasteiger partial charge is 0.341 e. The number of halogens is 1. The summed E-state index contributed by atoms with van der Waals surface area (Å²) in [7, 11) is 1.62. The highest BCUT2D eigenvalue weighted by Crippen LogP contribution is 2.37. The molecule has 0 radical (unpaired) electrons. The van der Waals surface area contributed by atoms with E-state index in [9.17, 15) is 18.8 Å². The van der Waals surface area contributed by atoms with Gasteiger partial charge in [-0.2, -0.15) is 0 Å². The molecule has 0 spiro atoms. The van der Waals surface area contributed by atoms with Gasteiger partial charge in [0.1, 0.15) is 11.6 Å². The van der Waals surface area contributed by atoms with Crippen LogP contribution in [0.4, 0.5) is 10.1 Å². The average molecular weight is 386 g/mol. The van der Waals surface area contributed by atoms with Crippen LogP contribution in [0.5, 0.6) is 5.75 Å². The highest BCUT2D eigenvalue weighted by atomic mass is 19.1. The number of nitrogens with one attached hydrogen (secondary N) is 1. The van der Waals surface area contributed by atoms with Crippen molar-refractivity contribution in [3.05, 3.63) is 59.9 Å². The van der Waals surface area contributed by atoms with Gasteiger partial charge in [-0.05, 0) is 42.0 Å². The van der Waals surface area contributed by atoms with Crippen LogP contribution in [0, 0.1) is 11.7 Å². The number of rotatable bonds is 6. The van der Waals surface area contributed by atoms with Crippen molar-refractivity contribution in [1.29, 1.82) is 0 Å². The summed E-state index contributed by atoms with van der Waals surface area (Å²) in [5, 5.41) is 11.4. The van der Waals surface area contributed by atoms with Gasteiger partial charge >= 0.3 is 5.97 Å². The molecule has 2 unspecified atom stereocenters. The highest BCUT2D eigenvalue weighted by Gasteiger charge is 2.42. The van der Waals surface area contributed by atoms with Crippen molar-refractivity contribution in [1.82, 2.24) is 4.90 Å². The lowest BCUT2D eigenvalue weighted by Crippen LogP contribution is -2.30. The number of benzene rings is 2. The normalized spacial score (nSPS) is 18.8. The molecule has 0 aliphatic carbocycles. The molecule has 2 aromatic carbocycles. The summed E-state index contributed by atoms with van der Waals surface area (Å²) in [6.07, 6.45) is 0.0597. The summed E-state index contributed by atoms with van der Waals surface area (Å²) in [6, 6.07) is 11.5. The van der Waals surface area contributed by atoms with Crippen molar-refractivity contribution >= 4 is 23.5 Å². The Hall–Kier alpha value is -3.42. The van der Waals surface area contributed by atoms with Crippen LogP contribution in [0.25, 0.3) is 0 Å². The third kappa shape index (κ3) is 4.28. The van der Waals surface area contributed by atoms with Gasteiger partial charge in [0, 0.05) is 19.2 Å². The van der Waals surface area contributed by atoms with Crippen LogP contribution in [0.2, 0.25) is 0 Å². The van der Waals surface area contributed by atoms with Crippen LogP contribution in [0.15, 0.2) is 48.5 Å². The number of carboxylic acids is 1. The molecule has 7 nitrogen and oxygen atoms in total. The second-order valence-electron chi connectivity index (χ2n) is 6.51. The minimum atomic E-state index is -1.08. The number of carbonyl (C=O) groups is 3. The maximum Gasteiger partial charge on any atom is 0.341 e. The second-order valence-corrected chi connectivity index (χ2v) is 6.51. The molecule has 1 aliphatic heterocycles. The summed E-state index contributed by atoms with van der Waals surface area (Å²) in [5.74, 6) is -2.22. The van der Waals surface area contributed by atoms with Crippen molar-refractivity contribution < 1.29 is 28.6 Å². The second kappa shape index (κ2) is 8.08. The molecule has 0 bridgehead atoms. The van der Waals surface area contributed by atoms with Gasteiger partial charge < -0.3 is 20.1 Å². The number of carboxylic acid groups (broad SMARTS) is 1.